The summed E-state index contributed by atoms with van der Waals surface area (Å²) >= 11 is 0. The number of benzene rings is 1. The molecule has 5 nitrogen and oxygen atoms in total. The van der Waals surface area contributed by atoms with E-state index in [1.807, 2.05) is 26.0 Å². The van der Waals surface area contributed by atoms with E-state index in [0.29, 0.717) is 11.0 Å². The molecule has 2 aromatic heterocycles. The van der Waals surface area contributed by atoms with Crippen molar-refractivity contribution in [2.45, 2.75) is 13.8 Å². The van der Waals surface area contributed by atoms with Crippen molar-refractivity contribution in [3.8, 4) is 11.1 Å². The van der Waals surface area contributed by atoms with Crippen LogP contribution in [0.25, 0.3) is 22.2 Å². The largest absolute Gasteiger partial charge is 0.366 e. The van der Waals surface area contributed by atoms with Crippen LogP contribution < -0.4 is 5.73 Å². The molecule has 0 bridgehead atoms. The maximum atomic E-state index is 13.3. The molecule has 3 rings (SSSR count). The van der Waals surface area contributed by atoms with Gasteiger partial charge in [0, 0.05) is 12.3 Å². The summed E-state index contributed by atoms with van der Waals surface area (Å²) in [5.41, 5.74) is 10.3. The highest BCUT2D eigenvalue weighted by atomic mass is 19.1. The molecule has 0 aliphatic carbocycles. The Morgan fingerprint density at radius 2 is 1.85 bits per heavy atom. The molecule has 0 saturated carbocycles. The summed E-state index contributed by atoms with van der Waals surface area (Å²) in [7, 11) is 0. The lowest BCUT2D eigenvalue weighted by Crippen LogP contribution is -1.99. The molecule has 20 heavy (non-hydrogen) atoms. The van der Waals surface area contributed by atoms with Crippen molar-refractivity contribution in [1.29, 1.82) is 0 Å². The Hall–Kier alpha value is -2.63. The average Bonchev–Trinajstić information content (AvgIpc) is 2.42. The van der Waals surface area contributed by atoms with Crippen LogP contribution in [-0.4, -0.2) is 20.2 Å². The van der Waals surface area contributed by atoms with Crippen LogP contribution in [0.4, 0.5) is 10.3 Å². The molecule has 6 heteroatoms. The van der Waals surface area contributed by atoms with E-state index in [1.165, 1.54) is 12.3 Å². The molecule has 1 aromatic carbocycles. The summed E-state index contributed by atoms with van der Waals surface area (Å²) in [5.74, 6) is -0.371. The summed E-state index contributed by atoms with van der Waals surface area (Å²) in [6.07, 6.45) is 1.51. The van der Waals surface area contributed by atoms with Gasteiger partial charge < -0.3 is 5.73 Å². The molecular weight excluding hydrogens is 257 g/mol. The summed E-state index contributed by atoms with van der Waals surface area (Å²) in [6, 6.07) is 5.16. The van der Waals surface area contributed by atoms with Gasteiger partial charge in [-0.15, -0.1) is 10.2 Å². The average molecular weight is 269 g/mol. The van der Waals surface area contributed by atoms with Crippen molar-refractivity contribution in [3.05, 3.63) is 41.5 Å². The standard InChI is InChI=1S/C14H12FN5/c1-7-3-9(10-5-12(15)17-6-8(10)2)4-11-13(7)18-14(16)20-19-11/h3-6H,1-2H3,(H2,16,18,20). The van der Waals surface area contributed by atoms with Gasteiger partial charge in [-0.2, -0.15) is 4.39 Å². The molecule has 0 aliphatic rings. The number of pyridine rings is 1. The van der Waals surface area contributed by atoms with E-state index in [-0.39, 0.29) is 5.95 Å². The maximum Gasteiger partial charge on any atom is 0.240 e. The van der Waals surface area contributed by atoms with E-state index >= 15 is 0 Å². The lowest BCUT2D eigenvalue weighted by molar-refractivity contribution is 0.583. The van der Waals surface area contributed by atoms with Gasteiger partial charge in [0.2, 0.25) is 11.9 Å². The van der Waals surface area contributed by atoms with E-state index in [4.69, 9.17) is 5.73 Å². The van der Waals surface area contributed by atoms with Crippen LogP contribution in [0.15, 0.2) is 24.4 Å². The number of rotatable bonds is 1. The first-order valence-corrected chi connectivity index (χ1v) is 6.07. The molecule has 3 aromatic rings. The molecule has 0 aliphatic heterocycles. The number of fused-ring (bicyclic) bond motifs is 1. The zero-order valence-electron chi connectivity index (χ0n) is 11.1. The zero-order chi connectivity index (χ0) is 14.3. The number of halogens is 1. The van der Waals surface area contributed by atoms with Crippen LogP contribution >= 0.6 is 0 Å². The predicted octanol–water partition coefficient (Wildman–Crippen LogP) is 2.42. The Morgan fingerprint density at radius 3 is 2.65 bits per heavy atom. The molecule has 2 heterocycles. The lowest BCUT2D eigenvalue weighted by atomic mass is 10.00. The minimum atomic E-state index is -0.509. The van der Waals surface area contributed by atoms with Crippen molar-refractivity contribution in [3.63, 3.8) is 0 Å². The summed E-state index contributed by atoms with van der Waals surface area (Å²) in [6.45, 7) is 3.79. The molecule has 0 fully saturated rings. The van der Waals surface area contributed by atoms with Gasteiger partial charge in [0.15, 0.2) is 0 Å². The number of aryl methyl sites for hydroxylation is 2. The summed E-state index contributed by atoms with van der Waals surface area (Å²) < 4.78 is 13.3. The van der Waals surface area contributed by atoms with Crippen molar-refractivity contribution in [2.24, 2.45) is 0 Å². The van der Waals surface area contributed by atoms with E-state index in [9.17, 15) is 4.39 Å². The highest BCUT2D eigenvalue weighted by molar-refractivity contribution is 5.85. The van der Waals surface area contributed by atoms with Gasteiger partial charge >= 0.3 is 0 Å². The number of nitrogen functional groups attached to an aromatic ring is 1. The Kier molecular flexibility index (Phi) is 2.78. The number of hydrogen-bond donors (Lipinski definition) is 1. The molecule has 2 N–H and O–H groups in total. The molecule has 0 spiro atoms. The van der Waals surface area contributed by atoms with Gasteiger partial charge in [-0.05, 0) is 48.2 Å². The van der Waals surface area contributed by atoms with E-state index in [2.05, 4.69) is 20.2 Å². The van der Waals surface area contributed by atoms with Gasteiger partial charge in [0.25, 0.3) is 0 Å². The van der Waals surface area contributed by atoms with Gasteiger partial charge in [0.1, 0.15) is 5.52 Å². The van der Waals surface area contributed by atoms with Gasteiger partial charge in [-0.25, -0.2) is 9.97 Å². The van der Waals surface area contributed by atoms with Crippen LogP contribution in [0.2, 0.25) is 0 Å². The fraction of sp³-hybridized carbons (Fsp3) is 0.143. The van der Waals surface area contributed by atoms with Crippen LogP contribution in [0.1, 0.15) is 11.1 Å². The maximum absolute atomic E-state index is 13.3. The molecule has 0 unspecified atom stereocenters. The third-order valence-corrected chi connectivity index (χ3v) is 3.15. The van der Waals surface area contributed by atoms with E-state index < -0.39 is 5.95 Å². The predicted molar refractivity (Wildman–Crippen MR) is 74.4 cm³/mol. The molecule has 0 radical (unpaired) electrons. The van der Waals surface area contributed by atoms with Gasteiger partial charge in [-0.3, -0.25) is 0 Å². The fourth-order valence-electron chi connectivity index (χ4n) is 2.19. The topological polar surface area (TPSA) is 77.6 Å². The molecule has 0 atom stereocenters. The molecule has 100 valence electrons. The second-order valence-electron chi connectivity index (χ2n) is 4.65. The third kappa shape index (κ3) is 2.05. The first-order chi connectivity index (χ1) is 9.54. The molecular formula is C14H12FN5. The summed E-state index contributed by atoms with van der Waals surface area (Å²) in [4.78, 5) is 7.81. The Morgan fingerprint density at radius 1 is 1.05 bits per heavy atom. The normalized spacial score (nSPS) is 10.9. The second-order valence-corrected chi connectivity index (χ2v) is 4.65. The smallest absolute Gasteiger partial charge is 0.240 e. The van der Waals surface area contributed by atoms with Crippen molar-refractivity contribution < 1.29 is 4.39 Å². The van der Waals surface area contributed by atoms with Gasteiger partial charge in [-0.1, -0.05) is 0 Å². The van der Waals surface area contributed by atoms with Crippen LogP contribution in [0, 0.1) is 19.8 Å². The third-order valence-electron chi connectivity index (χ3n) is 3.15. The van der Waals surface area contributed by atoms with Crippen molar-refractivity contribution >= 4 is 17.0 Å². The van der Waals surface area contributed by atoms with Crippen molar-refractivity contribution in [1.82, 2.24) is 20.2 Å². The lowest BCUT2D eigenvalue weighted by Gasteiger charge is -2.08. The number of nitrogens with zero attached hydrogens (tertiary/aromatic N) is 4. The first-order valence-electron chi connectivity index (χ1n) is 6.07. The Balaban J connectivity index is 2.27. The first kappa shape index (κ1) is 12.4. The SMILES string of the molecule is Cc1cnc(F)cc1-c1cc(C)c2nc(N)nnc2c1. The van der Waals surface area contributed by atoms with E-state index in [0.717, 1.165) is 22.3 Å². The Bertz CT molecular complexity index is 816. The quantitative estimate of drug-likeness (QED) is 0.686. The number of anilines is 1. The summed E-state index contributed by atoms with van der Waals surface area (Å²) in [5, 5.41) is 7.79. The number of nitrogens with two attached hydrogens (primary N) is 1. The number of hydrogen-bond acceptors (Lipinski definition) is 5. The highest BCUT2D eigenvalue weighted by Gasteiger charge is 2.09. The van der Waals surface area contributed by atoms with Gasteiger partial charge in [0.05, 0.1) is 5.52 Å². The van der Waals surface area contributed by atoms with Crippen molar-refractivity contribution in [2.75, 3.05) is 5.73 Å². The van der Waals surface area contributed by atoms with Crippen LogP contribution in [0.3, 0.4) is 0 Å². The highest BCUT2D eigenvalue weighted by Crippen LogP contribution is 2.28. The minimum absolute atomic E-state index is 0.138. The zero-order valence-corrected chi connectivity index (χ0v) is 11.1. The Labute approximate surface area is 114 Å². The van der Waals surface area contributed by atoms with E-state index in [1.54, 1.807) is 0 Å². The van der Waals surface area contributed by atoms with Crippen LogP contribution in [0.5, 0.6) is 0 Å². The molecule has 0 amide bonds. The number of aromatic nitrogens is 4. The fourth-order valence-corrected chi connectivity index (χ4v) is 2.19. The monoisotopic (exact) mass is 269 g/mol. The molecule has 0 saturated heterocycles. The second kappa shape index (κ2) is 4.48. The van der Waals surface area contributed by atoms with Crippen LogP contribution in [-0.2, 0) is 0 Å². The minimum Gasteiger partial charge on any atom is -0.366 e.